The number of carbonyl (C=O) groups excluding carboxylic acids is 1. The van der Waals surface area contributed by atoms with Crippen molar-refractivity contribution in [1.29, 1.82) is 0 Å². The van der Waals surface area contributed by atoms with Gasteiger partial charge in [-0.05, 0) is 36.4 Å². The van der Waals surface area contributed by atoms with Gasteiger partial charge in [0.1, 0.15) is 0 Å². The van der Waals surface area contributed by atoms with Crippen LogP contribution in [0.25, 0.3) is 0 Å². The van der Waals surface area contributed by atoms with Crippen molar-refractivity contribution in [3.8, 4) is 0 Å². The first kappa shape index (κ1) is 15.4. The van der Waals surface area contributed by atoms with Gasteiger partial charge in [-0.1, -0.05) is 11.6 Å². The van der Waals surface area contributed by atoms with Gasteiger partial charge in [-0.3, -0.25) is 9.78 Å². The lowest BCUT2D eigenvalue weighted by molar-refractivity contribution is -0.115. The number of hydrogen-bond donors (Lipinski definition) is 2. The molecule has 1 amide bonds. The lowest BCUT2D eigenvalue weighted by atomic mass is 10.4. The standard InChI is InChI=1S/C13H12ClN3O3S/c14-10-3-5-12(6-4-10)21(19,20)16-9-13(18)17-11-2-1-7-15-8-11/h1-8,16H,9H2,(H,17,18). The first-order valence-corrected chi connectivity index (χ1v) is 7.78. The summed E-state index contributed by atoms with van der Waals surface area (Å²) in [4.78, 5) is 15.5. The van der Waals surface area contributed by atoms with Crippen molar-refractivity contribution in [3.63, 3.8) is 0 Å². The SMILES string of the molecule is O=C(CNS(=O)(=O)c1ccc(Cl)cc1)Nc1cccnc1. The van der Waals surface area contributed by atoms with E-state index in [9.17, 15) is 13.2 Å². The van der Waals surface area contributed by atoms with Crippen molar-refractivity contribution < 1.29 is 13.2 Å². The zero-order valence-electron chi connectivity index (χ0n) is 10.8. The summed E-state index contributed by atoms with van der Waals surface area (Å²) in [7, 11) is -3.75. The first-order valence-electron chi connectivity index (χ1n) is 5.92. The Morgan fingerprint density at radius 3 is 2.52 bits per heavy atom. The molecule has 0 aliphatic rings. The predicted molar refractivity (Wildman–Crippen MR) is 79.5 cm³/mol. The molecule has 0 bridgehead atoms. The Labute approximate surface area is 127 Å². The van der Waals surface area contributed by atoms with Crippen LogP contribution >= 0.6 is 11.6 Å². The number of nitrogens with zero attached hydrogens (tertiary/aromatic N) is 1. The molecule has 0 unspecified atom stereocenters. The minimum Gasteiger partial charge on any atom is -0.324 e. The highest BCUT2D eigenvalue weighted by molar-refractivity contribution is 7.89. The summed E-state index contributed by atoms with van der Waals surface area (Å²) in [6, 6.07) is 8.97. The van der Waals surface area contributed by atoms with E-state index >= 15 is 0 Å². The van der Waals surface area contributed by atoms with Crippen LogP contribution < -0.4 is 10.0 Å². The summed E-state index contributed by atoms with van der Waals surface area (Å²) in [6.07, 6.45) is 3.03. The van der Waals surface area contributed by atoms with E-state index in [-0.39, 0.29) is 11.4 Å². The minimum absolute atomic E-state index is 0.0427. The van der Waals surface area contributed by atoms with Crippen molar-refractivity contribution in [2.45, 2.75) is 4.90 Å². The van der Waals surface area contributed by atoms with E-state index in [1.807, 2.05) is 0 Å². The van der Waals surface area contributed by atoms with Gasteiger partial charge in [0.25, 0.3) is 0 Å². The summed E-state index contributed by atoms with van der Waals surface area (Å²) in [5.74, 6) is -0.486. The molecular formula is C13H12ClN3O3S. The van der Waals surface area contributed by atoms with Crippen LogP contribution in [-0.2, 0) is 14.8 Å². The van der Waals surface area contributed by atoms with E-state index < -0.39 is 15.9 Å². The summed E-state index contributed by atoms with van der Waals surface area (Å²) in [5, 5.41) is 2.96. The van der Waals surface area contributed by atoms with Crippen LogP contribution in [0, 0.1) is 0 Å². The fourth-order valence-corrected chi connectivity index (χ4v) is 2.61. The van der Waals surface area contributed by atoms with Crippen molar-refractivity contribution in [2.24, 2.45) is 0 Å². The molecule has 2 rings (SSSR count). The van der Waals surface area contributed by atoms with Gasteiger partial charge in [-0.2, -0.15) is 0 Å². The molecule has 8 heteroatoms. The maximum absolute atomic E-state index is 12.0. The smallest absolute Gasteiger partial charge is 0.241 e. The number of sulfonamides is 1. The highest BCUT2D eigenvalue weighted by Gasteiger charge is 2.15. The number of nitrogens with one attached hydrogen (secondary N) is 2. The summed E-state index contributed by atoms with van der Waals surface area (Å²) >= 11 is 5.69. The maximum atomic E-state index is 12.0. The summed E-state index contributed by atoms with van der Waals surface area (Å²) in [5.41, 5.74) is 0.494. The highest BCUT2D eigenvalue weighted by atomic mass is 35.5. The molecule has 1 aromatic heterocycles. The molecule has 2 N–H and O–H groups in total. The van der Waals surface area contributed by atoms with Gasteiger partial charge in [-0.25, -0.2) is 13.1 Å². The van der Waals surface area contributed by atoms with Gasteiger partial charge in [0, 0.05) is 11.2 Å². The van der Waals surface area contributed by atoms with Crippen molar-refractivity contribution in [3.05, 3.63) is 53.8 Å². The van der Waals surface area contributed by atoms with Crippen LogP contribution in [-0.4, -0.2) is 25.9 Å². The number of anilines is 1. The predicted octanol–water partition coefficient (Wildman–Crippen LogP) is 1.65. The summed E-state index contributed by atoms with van der Waals surface area (Å²) < 4.78 is 26.1. The Kier molecular flexibility index (Phi) is 4.89. The van der Waals surface area contributed by atoms with E-state index in [1.54, 1.807) is 18.3 Å². The van der Waals surface area contributed by atoms with Crippen molar-refractivity contribution in [1.82, 2.24) is 9.71 Å². The van der Waals surface area contributed by atoms with Gasteiger partial charge in [0.05, 0.1) is 23.3 Å². The van der Waals surface area contributed by atoms with E-state index in [0.717, 1.165) is 0 Å². The molecule has 2 aromatic rings. The van der Waals surface area contributed by atoms with Crippen LogP contribution in [0.1, 0.15) is 0 Å². The molecular weight excluding hydrogens is 314 g/mol. The monoisotopic (exact) mass is 325 g/mol. The number of halogens is 1. The Morgan fingerprint density at radius 2 is 1.90 bits per heavy atom. The molecule has 0 aliphatic heterocycles. The van der Waals surface area contributed by atoms with Crippen LogP contribution in [0.2, 0.25) is 5.02 Å². The van der Waals surface area contributed by atoms with Gasteiger partial charge < -0.3 is 5.32 Å². The van der Waals surface area contributed by atoms with Gasteiger partial charge in [-0.15, -0.1) is 0 Å². The third kappa shape index (κ3) is 4.52. The largest absolute Gasteiger partial charge is 0.324 e. The number of carbonyl (C=O) groups is 1. The number of amides is 1. The highest BCUT2D eigenvalue weighted by Crippen LogP contribution is 2.13. The maximum Gasteiger partial charge on any atom is 0.241 e. The second kappa shape index (κ2) is 6.66. The fourth-order valence-electron chi connectivity index (χ4n) is 1.50. The normalized spacial score (nSPS) is 11.1. The second-order valence-corrected chi connectivity index (χ2v) is 6.27. The lowest BCUT2D eigenvalue weighted by Gasteiger charge is -2.07. The lowest BCUT2D eigenvalue weighted by Crippen LogP contribution is -2.32. The van der Waals surface area contributed by atoms with Crippen molar-refractivity contribution in [2.75, 3.05) is 11.9 Å². The number of pyridine rings is 1. The van der Waals surface area contributed by atoms with Gasteiger partial charge in [0.2, 0.25) is 15.9 Å². The van der Waals surface area contributed by atoms with Crippen LogP contribution in [0.4, 0.5) is 5.69 Å². The van der Waals surface area contributed by atoms with Crippen LogP contribution in [0.5, 0.6) is 0 Å². The molecule has 0 radical (unpaired) electrons. The Hall–Kier alpha value is -1.96. The topological polar surface area (TPSA) is 88.2 Å². The average molecular weight is 326 g/mol. The van der Waals surface area contributed by atoms with E-state index in [2.05, 4.69) is 15.0 Å². The number of aromatic nitrogens is 1. The number of benzene rings is 1. The molecule has 110 valence electrons. The quantitative estimate of drug-likeness (QED) is 0.875. The zero-order chi connectivity index (χ0) is 15.3. The van der Waals surface area contributed by atoms with E-state index in [1.165, 1.54) is 30.5 Å². The van der Waals surface area contributed by atoms with Crippen molar-refractivity contribution >= 4 is 33.2 Å². The number of rotatable bonds is 5. The Morgan fingerprint density at radius 1 is 1.19 bits per heavy atom. The molecule has 1 heterocycles. The molecule has 0 aliphatic carbocycles. The molecule has 1 aromatic carbocycles. The molecule has 0 spiro atoms. The van der Waals surface area contributed by atoms with E-state index in [0.29, 0.717) is 10.7 Å². The molecule has 0 atom stereocenters. The average Bonchev–Trinajstić information content (AvgIpc) is 2.47. The zero-order valence-corrected chi connectivity index (χ0v) is 12.4. The third-order valence-corrected chi connectivity index (χ3v) is 4.16. The van der Waals surface area contributed by atoms with E-state index in [4.69, 9.17) is 11.6 Å². The van der Waals surface area contributed by atoms with Crippen LogP contribution in [0.15, 0.2) is 53.7 Å². The molecule has 0 fully saturated rings. The molecule has 6 nitrogen and oxygen atoms in total. The first-order chi connectivity index (χ1) is 9.97. The third-order valence-electron chi connectivity index (χ3n) is 2.49. The van der Waals surface area contributed by atoms with Crippen LogP contribution in [0.3, 0.4) is 0 Å². The summed E-state index contributed by atoms with van der Waals surface area (Å²) in [6.45, 7) is -0.375. The molecule has 0 saturated carbocycles. The molecule has 0 saturated heterocycles. The Bertz CT molecular complexity index is 718. The van der Waals surface area contributed by atoms with Gasteiger partial charge in [0.15, 0.2) is 0 Å². The Balaban J connectivity index is 1.95. The second-order valence-electron chi connectivity index (χ2n) is 4.07. The van der Waals surface area contributed by atoms with Gasteiger partial charge >= 0.3 is 0 Å². The fraction of sp³-hybridized carbons (Fsp3) is 0.0769. The number of hydrogen-bond acceptors (Lipinski definition) is 4. The minimum atomic E-state index is -3.75. The molecule has 21 heavy (non-hydrogen) atoms.